The van der Waals surface area contributed by atoms with Crippen LogP contribution in [0, 0.1) is 6.92 Å². The number of hydrogen-bond donors (Lipinski definition) is 1. The maximum Gasteiger partial charge on any atom is 0.300 e. The van der Waals surface area contributed by atoms with Crippen LogP contribution in [-0.2, 0) is 9.59 Å². The normalized spacial score (nSPS) is 17.0. The molecule has 3 aromatic carbocycles. The van der Waals surface area contributed by atoms with Crippen LogP contribution in [0.4, 0.5) is 5.69 Å². The number of amides is 1. The van der Waals surface area contributed by atoms with Gasteiger partial charge >= 0.3 is 0 Å². The van der Waals surface area contributed by atoms with Gasteiger partial charge in [0.05, 0.1) is 46.5 Å². The van der Waals surface area contributed by atoms with Crippen molar-refractivity contribution in [3.8, 4) is 11.5 Å². The van der Waals surface area contributed by atoms with Crippen molar-refractivity contribution >= 4 is 69.5 Å². The number of methoxy groups -OCH3 is 2. The third-order valence-corrected chi connectivity index (χ3v) is 7.14. The summed E-state index contributed by atoms with van der Waals surface area (Å²) in [5, 5.41) is 12.1. The van der Waals surface area contributed by atoms with Crippen molar-refractivity contribution in [1.29, 1.82) is 0 Å². The SMILES string of the molecule is COc1c(Cl)cc(/C(O)=C2\C(=O)C(=O)N(c3ccc(Cl)c(Cl)c3)C2c2cccc(C)c2)c(OC)c1Cl. The molecule has 0 bridgehead atoms. The molecule has 1 atom stereocenters. The molecule has 0 radical (unpaired) electrons. The first-order chi connectivity index (χ1) is 17.1. The smallest absolute Gasteiger partial charge is 0.300 e. The van der Waals surface area contributed by atoms with E-state index in [4.69, 9.17) is 55.9 Å². The number of rotatable bonds is 5. The van der Waals surface area contributed by atoms with Gasteiger partial charge in [0.25, 0.3) is 11.7 Å². The second-order valence-electron chi connectivity index (χ2n) is 7.97. The van der Waals surface area contributed by atoms with Gasteiger partial charge in [-0.1, -0.05) is 76.2 Å². The largest absolute Gasteiger partial charge is 0.507 e. The molecular formula is C26H19Cl4NO5. The highest BCUT2D eigenvalue weighted by Gasteiger charge is 2.47. The van der Waals surface area contributed by atoms with Crippen LogP contribution in [0.5, 0.6) is 11.5 Å². The number of anilines is 1. The van der Waals surface area contributed by atoms with Crippen molar-refractivity contribution in [2.45, 2.75) is 13.0 Å². The summed E-state index contributed by atoms with van der Waals surface area (Å²) in [5.74, 6) is -2.11. The number of ether oxygens (including phenoxy) is 2. The van der Waals surface area contributed by atoms with Gasteiger partial charge in [-0.3, -0.25) is 14.5 Å². The van der Waals surface area contributed by atoms with Crippen LogP contribution in [0.1, 0.15) is 22.7 Å². The summed E-state index contributed by atoms with van der Waals surface area (Å²) >= 11 is 25.0. The molecule has 0 aliphatic carbocycles. The molecule has 3 aromatic rings. The molecule has 0 aromatic heterocycles. The highest BCUT2D eigenvalue weighted by Crippen LogP contribution is 2.48. The van der Waals surface area contributed by atoms with Gasteiger partial charge in [-0.2, -0.15) is 0 Å². The number of aryl methyl sites for hydroxylation is 1. The fraction of sp³-hybridized carbons (Fsp3) is 0.154. The van der Waals surface area contributed by atoms with Crippen molar-refractivity contribution in [2.24, 2.45) is 0 Å². The van der Waals surface area contributed by atoms with Gasteiger partial charge in [-0.05, 0) is 36.8 Å². The van der Waals surface area contributed by atoms with Gasteiger partial charge < -0.3 is 14.6 Å². The van der Waals surface area contributed by atoms with Crippen LogP contribution in [0.25, 0.3) is 5.76 Å². The van der Waals surface area contributed by atoms with Gasteiger partial charge in [0.2, 0.25) is 0 Å². The summed E-state index contributed by atoms with van der Waals surface area (Å²) in [6, 6.07) is 12.2. The summed E-state index contributed by atoms with van der Waals surface area (Å²) in [5.41, 5.74) is 1.66. The van der Waals surface area contributed by atoms with Gasteiger partial charge in [0.1, 0.15) is 10.8 Å². The number of hydrogen-bond acceptors (Lipinski definition) is 5. The van der Waals surface area contributed by atoms with E-state index in [2.05, 4.69) is 0 Å². The molecule has 10 heteroatoms. The van der Waals surface area contributed by atoms with E-state index in [0.717, 1.165) is 5.56 Å². The van der Waals surface area contributed by atoms with Crippen LogP contribution >= 0.6 is 46.4 Å². The zero-order valence-corrected chi connectivity index (χ0v) is 22.3. The lowest BCUT2D eigenvalue weighted by Gasteiger charge is -2.26. The molecule has 1 aliphatic heterocycles. The number of aliphatic hydroxyl groups is 1. The van der Waals surface area contributed by atoms with Gasteiger partial charge in [0.15, 0.2) is 11.5 Å². The Balaban J connectivity index is 2.03. The lowest BCUT2D eigenvalue weighted by atomic mass is 9.94. The molecular weight excluding hydrogens is 548 g/mol. The fourth-order valence-corrected chi connectivity index (χ4v) is 5.16. The Labute approximate surface area is 227 Å². The first-order valence-corrected chi connectivity index (χ1v) is 12.0. The highest BCUT2D eigenvalue weighted by atomic mass is 35.5. The zero-order valence-electron chi connectivity index (χ0n) is 19.2. The van der Waals surface area contributed by atoms with Crippen LogP contribution in [-0.4, -0.2) is 31.0 Å². The Bertz CT molecular complexity index is 1440. The number of carbonyl (C=O) groups is 2. The standard InChI is InChI=1S/C26H19Cl4NO5/c1-12-5-4-6-13(9-12)21-19(22(32)15-11-18(29)25(36-3)20(30)24(15)35-2)23(33)26(34)31(21)14-7-8-16(27)17(28)10-14/h4-11,21,32H,1-3H3/b22-19+. The molecule has 1 saturated heterocycles. The van der Waals surface area contributed by atoms with Crippen molar-refractivity contribution < 1.29 is 24.2 Å². The summed E-state index contributed by atoms with van der Waals surface area (Å²) < 4.78 is 10.6. The maximum atomic E-state index is 13.4. The van der Waals surface area contributed by atoms with E-state index in [1.54, 1.807) is 18.2 Å². The zero-order chi connectivity index (χ0) is 26.3. The van der Waals surface area contributed by atoms with Crippen molar-refractivity contribution in [1.82, 2.24) is 0 Å². The van der Waals surface area contributed by atoms with E-state index in [1.165, 1.54) is 37.3 Å². The van der Waals surface area contributed by atoms with E-state index in [0.29, 0.717) is 11.3 Å². The van der Waals surface area contributed by atoms with E-state index in [1.807, 2.05) is 19.1 Å². The summed E-state index contributed by atoms with van der Waals surface area (Å²) in [7, 11) is 2.73. The Morgan fingerprint density at radius 3 is 2.19 bits per heavy atom. The average molecular weight is 567 g/mol. The Morgan fingerprint density at radius 1 is 0.889 bits per heavy atom. The van der Waals surface area contributed by atoms with E-state index >= 15 is 0 Å². The quantitative estimate of drug-likeness (QED) is 0.200. The van der Waals surface area contributed by atoms with Crippen LogP contribution in [0.15, 0.2) is 54.1 Å². The van der Waals surface area contributed by atoms with Crippen molar-refractivity contribution in [3.05, 3.63) is 90.9 Å². The molecule has 1 amide bonds. The second kappa shape index (κ2) is 10.2. The number of carbonyl (C=O) groups excluding carboxylic acids is 2. The van der Waals surface area contributed by atoms with Crippen LogP contribution < -0.4 is 14.4 Å². The number of benzene rings is 3. The molecule has 1 aliphatic rings. The van der Waals surface area contributed by atoms with Gasteiger partial charge in [-0.25, -0.2) is 0 Å². The number of halogens is 4. The minimum absolute atomic E-state index is 0.000123. The third kappa shape index (κ3) is 4.39. The number of ketones is 1. The summed E-state index contributed by atoms with van der Waals surface area (Å²) in [6.07, 6.45) is 0. The second-order valence-corrected chi connectivity index (χ2v) is 9.57. The predicted octanol–water partition coefficient (Wildman–Crippen LogP) is 7.25. The maximum absolute atomic E-state index is 13.4. The van der Waals surface area contributed by atoms with Crippen LogP contribution in [0.3, 0.4) is 0 Å². The first kappa shape index (κ1) is 26.2. The van der Waals surface area contributed by atoms with Crippen molar-refractivity contribution in [3.63, 3.8) is 0 Å². The first-order valence-electron chi connectivity index (χ1n) is 10.5. The Hall–Kier alpha value is -2.90. The highest BCUT2D eigenvalue weighted by molar-refractivity contribution is 6.52. The predicted molar refractivity (Wildman–Crippen MR) is 142 cm³/mol. The molecule has 4 rings (SSSR count). The molecule has 0 spiro atoms. The van der Waals surface area contributed by atoms with E-state index in [-0.39, 0.29) is 42.7 Å². The molecule has 36 heavy (non-hydrogen) atoms. The average Bonchev–Trinajstić information content (AvgIpc) is 3.11. The van der Waals surface area contributed by atoms with Crippen LogP contribution in [0.2, 0.25) is 20.1 Å². The molecule has 1 unspecified atom stereocenters. The lowest BCUT2D eigenvalue weighted by Crippen LogP contribution is -2.29. The topological polar surface area (TPSA) is 76.1 Å². The Kier molecular flexibility index (Phi) is 7.43. The van der Waals surface area contributed by atoms with Gasteiger partial charge in [0, 0.05) is 5.69 Å². The summed E-state index contributed by atoms with van der Waals surface area (Å²) in [4.78, 5) is 28.0. The summed E-state index contributed by atoms with van der Waals surface area (Å²) in [6.45, 7) is 1.88. The lowest BCUT2D eigenvalue weighted by molar-refractivity contribution is -0.132. The molecule has 186 valence electrons. The number of aliphatic hydroxyl groups excluding tert-OH is 1. The van der Waals surface area contributed by atoms with E-state index in [9.17, 15) is 14.7 Å². The van der Waals surface area contributed by atoms with Crippen molar-refractivity contribution in [2.75, 3.05) is 19.1 Å². The molecule has 6 nitrogen and oxygen atoms in total. The number of nitrogens with zero attached hydrogens (tertiary/aromatic N) is 1. The monoisotopic (exact) mass is 565 g/mol. The number of Topliss-reactive ketones (excluding diaryl/α,β-unsaturated/α-hetero) is 1. The molecule has 0 saturated carbocycles. The third-order valence-electron chi connectivity index (χ3n) is 5.78. The minimum atomic E-state index is -0.994. The van der Waals surface area contributed by atoms with Gasteiger partial charge in [-0.15, -0.1) is 0 Å². The Morgan fingerprint density at radius 2 is 1.58 bits per heavy atom. The molecule has 1 heterocycles. The molecule has 1 N–H and O–H groups in total. The minimum Gasteiger partial charge on any atom is -0.507 e. The molecule has 1 fully saturated rings. The van der Waals surface area contributed by atoms with E-state index < -0.39 is 23.5 Å². The fourth-order valence-electron chi connectivity index (χ4n) is 4.18.